The van der Waals surface area contributed by atoms with E-state index in [1.165, 1.54) is 15.3 Å². The SMILES string of the molecule is Cc1c(Nc2ccc(I)cc2F)c2c(=O)n(C3CC3)nc(-c3cccc(N=[S@](C)(=O)N(C)C)c3)c2n(C)c1=O. The van der Waals surface area contributed by atoms with E-state index in [1.807, 2.05) is 28.7 Å². The normalized spacial score (nSPS) is 15.0. The number of benzene rings is 2. The number of nitrogens with zero attached hydrogens (tertiary/aromatic N) is 5. The van der Waals surface area contributed by atoms with Crippen LogP contribution in [0, 0.1) is 16.3 Å². The van der Waals surface area contributed by atoms with Crippen LogP contribution in [-0.4, -0.2) is 43.2 Å². The average Bonchev–Trinajstić information content (AvgIpc) is 3.71. The standard InChI is InChI=1S/C27H28FIN6O3S/c1-15-23(30-21-12-9-17(29)14-20(21)28)22-25(34(4)26(15)36)24(31-35(27(22)37)19-10-11-19)16-7-6-8-18(13-16)32-39(5,38)33(2)3/h6-9,12-14,19,30H,10-11H2,1-5H3/t39-/m0/s1. The van der Waals surface area contributed by atoms with Gasteiger partial charge in [0.15, 0.2) is 0 Å². The zero-order valence-corrected chi connectivity index (χ0v) is 25.1. The molecule has 0 spiro atoms. The van der Waals surface area contributed by atoms with E-state index in [0.717, 1.165) is 16.4 Å². The van der Waals surface area contributed by atoms with E-state index in [2.05, 4.69) is 9.68 Å². The molecule has 1 aliphatic carbocycles. The number of fused-ring (bicyclic) bond motifs is 1. The summed E-state index contributed by atoms with van der Waals surface area (Å²) in [6.07, 6.45) is 3.18. The summed E-state index contributed by atoms with van der Waals surface area (Å²) in [5.74, 6) is -0.495. The molecule has 1 saturated carbocycles. The summed E-state index contributed by atoms with van der Waals surface area (Å²) in [6.45, 7) is 1.62. The van der Waals surface area contributed by atoms with E-state index in [1.54, 1.807) is 69.0 Å². The van der Waals surface area contributed by atoms with Gasteiger partial charge >= 0.3 is 0 Å². The van der Waals surface area contributed by atoms with Crippen LogP contribution < -0.4 is 16.4 Å². The molecule has 0 amide bonds. The van der Waals surface area contributed by atoms with Crippen LogP contribution in [0.1, 0.15) is 24.4 Å². The second kappa shape index (κ2) is 10.1. The third kappa shape index (κ3) is 5.12. The molecule has 1 atom stereocenters. The number of hydrogen-bond donors (Lipinski definition) is 1. The molecule has 0 radical (unpaired) electrons. The van der Waals surface area contributed by atoms with Crippen LogP contribution in [0.5, 0.6) is 0 Å². The number of halogens is 2. The van der Waals surface area contributed by atoms with Crippen LogP contribution in [0.3, 0.4) is 0 Å². The lowest BCUT2D eigenvalue weighted by molar-refractivity contribution is 0.598. The Hall–Kier alpha value is -3.10. The molecule has 2 aromatic carbocycles. The van der Waals surface area contributed by atoms with Gasteiger partial charge in [-0.3, -0.25) is 9.59 Å². The maximum atomic E-state index is 14.9. The van der Waals surface area contributed by atoms with Gasteiger partial charge in [0, 0.05) is 42.1 Å². The van der Waals surface area contributed by atoms with Crippen LogP contribution in [0.2, 0.25) is 0 Å². The molecule has 1 fully saturated rings. The smallest absolute Gasteiger partial charge is 0.278 e. The van der Waals surface area contributed by atoms with Crippen molar-refractivity contribution in [2.24, 2.45) is 11.4 Å². The van der Waals surface area contributed by atoms with Crippen molar-refractivity contribution in [3.8, 4) is 11.3 Å². The lowest BCUT2D eigenvalue weighted by Crippen LogP contribution is -2.29. The molecular weight excluding hydrogens is 634 g/mol. The fourth-order valence-electron chi connectivity index (χ4n) is 4.36. The molecule has 39 heavy (non-hydrogen) atoms. The van der Waals surface area contributed by atoms with Gasteiger partial charge in [-0.05, 0) is 72.7 Å². The number of aromatic nitrogens is 3. The topological polar surface area (TPSA) is 102 Å². The maximum Gasteiger partial charge on any atom is 0.278 e. The molecule has 1 N–H and O–H groups in total. The van der Waals surface area contributed by atoms with Crippen molar-refractivity contribution in [1.29, 1.82) is 0 Å². The largest absolute Gasteiger partial charge is 0.352 e. The number of pyridine rings is 1. The summed E-state index contributed by atoms with van der Waals surface area (Å²) < 4.78 is 37.4. The maximum absolute atomic E-state index is 14.9. The van der Waals surface area contributed by atoms with Crippen molar-refractivity contribution in [3.63, 3.8) is 0 Å². The molecule has 5 rings (SSSR count). The molecule has 2 heterocycles. The van der Waals surface area contributed by atoms with Gasteiger partial charge < -0.3 is 9.88 Å². The Labute approximate surface area is 239 Å². The molecule has 2 aromatic heterocycles. The summed E-state index contributed by atoms with van der Waals surface area (Å²) in [6, 6.07) is 11.7. The van der Waals surface area contributed by atoms with Crippen LogP contribution in [-0.2, 0) is 17.0 Å². The third-order valence-electron chi connectivity index (χ3n) is 6.83. The summed E-state index contributed by atoms with van der Waals surface area (Å²) in [5, 5.41) is 8.03. The van der Waals surface area contributed by atoms with Crippen molar-refractivity contribution >= 4 is 60.5 Å². The number of aryl methyl sites for hydroxylation is 1. The Kier molecular flexibility index (Phi) is 7.14. The Morgan fingerprint density at radius 2 is 1.87 bits per heavy atom. The van der Waals surface area contributed by atoms with Crippen molar-refractivity contribution in [2.75, 3.05) is 25.7 Å². The Bertz CT molecular complexity index is 1890. The van der Waals surface area contributed by atoms with E-state index in [4.69, 9.17) is 5.10 Å². The highest BCUT2D eigenvalue weighted by molar-refractivity contribution is 14.1. The van der Waals surface area contributed by atoms with Crippen LogP contribution in [0.25, 0.3) is 22.2 Å². The lowest BCUT2D eigenvalue weighted by Gasteiger charge is -2.19. The summed E-state index contributed by atoms with van der Waals surface area (Å²) >= 11 is 2.02. The fraction of sp³-hybridized carbons (Fsp3) is 0.296. The minimum atomic E-state index is -2.65. The van der Waals surface area contributed by atoms with Gasteiger partial charge in [0.1, 0.15) is 21.4 Å². The van der Waals surface area contributed by atoms with E-state index >= 15 is 0 Å². The van der Waals surface area contributed by atoms with E-state index in [9.17, 15) is 18.2 Å². The first-order valence-corrected chi connectivity index (χ1v) is 15.2. The van der Waals surface area contributed by atoms with Gasteiger partial charge in [0.25, 0.3) is 11.1 Å². The number of rotatable bonds is 6. The van der Waals surface area contributed by atoms with Crippen LogP contribution in [0.15, 0.2) is 56.4 Å². The molecule has 0 saturated heterocycles. The van der Waals surface area contributed by atoms with Gasteiger partial charge in [-0.25, -0.2) is 17.6 Å². The van der Waals surface area contributed by atoms with Gasteiger partial charge in [-0.1, -0.05) is 12.1 Å². The zero-order valence-electron chi connectivity index (χ0n) is 22.2. The number of nitrogens with one attached hydrogen (secondary N) is 1. The molecule has 0 unspecified atom stereocenters. The van der Waals surface area contributed by atoms with E-state index in [0.29, 0.717) is 28.0 Å². The highest BCUT2D eigenvalue weighted by Crippen LogP contribution is 2.37. The molecule has 204 valence electrons. The van der Waals surface area contributed by atoms with Gasteiger partial charge in [-0.2, -0.15) is 9.46 Å². The zero-order chi connectivity index (χ0) is 28.2. The number of hydrogen-bond acceptors (Lipinski definition) is 6. The highest BCUT2D eigenvalue weighted by Gasteiger charge is 2.30. The second-order valence-corrected chi connectivity index (χ2v) is 13.6. The van der Waals surface area contributed by atoms with Gasteiger partial charge in [0.05, 0.1) is 34.0 Å². The fourth-order valence-corrected chi connectivity index (χ4v) is 5.49. The third-order valence-corrected chi connectivity index (χ3v) is 9.41. The summed E-state index contributed by atoms with van der Waals surface area (Å²) in [7, 11) is 2.33. The molecule has 1 aliphatic rings. The Morgan fingerprint density at radius 3 is 2.51 bits per heavy atom. The number of anilines is 2. The first-order chi connectivity index (χ1) is 18.4. The molecular formula is C27H28FIN6O3S. The summed E-state index contributed by atoms with van der Waals surface area (Å²) in [5.41, 5.74) is 1.82. The average molecular weight is 663 g/mol. The van der Waals surface area contributed by atoms with Crippen molar-refractivity contribution in [3.05, 3.63) is 78.1 Å². The molecule has 4 aromatic rings. The minimum absolute atomic E-state index is 0.0583. The molecule has 9 nitrogen and oxygen atoms in total. The molecule has 0 aliphatic heterocycles. The Morgan fingerprint density at radius 1 is 1.15 bits per heavy atom. The highest BCUT2D eigenvalue weighted by atomic mass is 127. The van der Waals surface area contributed by atoms with Crippen molar-refractivity contribution in [1.82, 2.24) is 18.7 Å². The van der Waals surface area contributed by atoms with Crippen LogP contribution in [0.4, 0.5) is 21.5 Å². The monoisotopic (exact) mass is 662 g/mol. The predicted molar refractivity (Wildman–Crippen MR) is 162 cm³/mol. The first-order valence-electron chi connectivity index (χ1n) is 12.3. The van der Waals surface area contributed by atoms with E-state index in [-0.39, 0.29) is 33.9 Å². The lowest BCUT2D eigenvalue weighted by atomic mass is 10.0. The summed E-state index contributed by atoms with van der Waals surface area (Å²) in [4.78, 5) is 27.3. The van der Waals surface area contributed by atoms with Crippen molar-refractivity contribution in [2.45, 2.75) is 25.8 Å². The van der Waals surface area contributed by atoms with Gasteiger partial charge in [0.2, 0.25) is 0 Å². The second-order valence-electron chi connectivity index (χ2n) is 9.88. The van der Waals surface area contributed by atoms with Gasteiger partial charge in [-0.15, -0.1) is 0 Å². The predicted octanol–water partition coefficient (Wildman–Crippen LogP) is 5.10. The van der Waals surface area contributed by atoms with Crippen molar-refractivity contribution < 1.29 is 8.60 Å². The molecule has 12 heteroatoms. The van der Waals surface area contributed by atoms with E-state index < -0.39 is 15.7 Å². The first kappa shape index (κ1) is 27.5. The van der Waals surface area contributed by atoms with Crippen LogP contribution >= 0.6 is 22.6 Å². The quantitative estimate of drug-likeness (QED) is 0.290. The molecule has 0 bridgehead atoms. The minimum Gasteiger partial charge on any atom is -0.352 e. The Balaban J connectivity index is 1.84.